The van der Waals surface area contributed by atoms with Crippen LogP contribution < -0.4 is 54.8 Å². The number of guanidine groups is 1. The number of fused-ring (bicyclic) bond motifs is 1. The summed E-state index contributed by atoms with van der Waals surface area (Å²) >= 11 is 0. The molecule has 21 heteroatoms. The molecule has 0 bridgehead atoms. The van der Waals surface area contributed by atoms with Gasteiger partial charge in [-0.15, -0.1) is 0 Å². The molecular weight excluding hydrogens is 889 g/mol. The number of nitrogens with one attached hydrogen (secondary N) is 7. The largest absolute Gasteiger partial charge is 0.481 e. The van der Waals surface area contributed by atoms with Crippen LogP contribution in [0.3, 0.4) is 0 Å². The Kier molecular flexibility index (Phi) is 18.8. The van der Waals surface area contributed by atoms with Crippen molar-refractivity contribution in [2.24, 2.45) is 27.9 Å². The van der Waals surface area contributed by atoms with Crippen LogP contribution >= 0.6 is 0 Å². The minimum Gasteiger partial charge on any atom is -0.481 e. The van der Waals surface area contributed by atoms with Crippen molar-refractivity contribution in [2.45, 2.75) is 106 Å². The number of aliphatic carboxylic acids is 1. The fraction of sp³-hybridized carbons (Fsp3) is 0.396. The van der Waals surface area contributed by atoms with Crippen LogP contribution in [0.5, 0.6) is 0 Å². The topological polar surface area (TPSA) is 361 Å². The van der Waals surface area contributed by atoms with Gasteiger partial charge in [-0.25, -0.2) is 0 Å². The number of primary amides is 1. The summed E-state index contributed by atoms with van der Waals surface area (Å²) in [6.07, 6.45) is 1.92. The van der Waals surface area contributed by atoms with E-state index in [4.69, 9.17) is 22.9 Å². The molecule has 16 N–H and O–H groups in total. The second kappa shape index (κ2) is 24.8. The van der Waals surface area contributed by atoms with Crippen LogP contribution in [-0.4, -0.2) is 112 Å². The molecular formula is C48H62N12O9. The van der Waals surface area contributed by atoms with Gasteiger partial charge in [0.1, 0.15) is 35.7 Å². The maximum Gasteiger partial charge on any atom is 0.305 e. The fourth-order valence-corrected chi connectivity index (χ4v) is 8.45. The first-order valence-electron chi connectivity index (χ1n) is 22.7. The van der Waals surface area contributed by atoms with Crippen molar-refractivity contribution >= 4 is 64.2 Å². The third-order valence-corrected chi connectivity index (χ3v) is 12.1. The predicted octanol–water partition coefficient (Wildman–Crippen LogP) is -0.418. The van der Waals surface area contributed by atoms with Gasteiger partial charge in [-0.1, -0.05) is 78.9 Å². The lowest BCUT2D eigenvalue weighted by atomic mass is 9.73. The first-order valence-corrected chi connectivity index (χ1v) is 22.7. The Hall–Kier alpha value is -7.81. The molecule has 5 rings (SSSR count). The summed E-state index contributed by atoms with van der Waals surface area (Å²) in [6, 6.07) is 18.9. The van der Waals surface area contributed by atoms with E-state index in [0.717, 1.165) is 23.4 Å². The molecule has 1 aliphatic rings. The van der Waals surface area contributed by atoms with Crippen LogP contribution in [0.1, 0.15) is 74.5 Å². The number of aromatic amines is 1. The molecule has 1 saturated carbocycles. The SMILES string of the molecule is CC(=O)N[C@@H](CC(=O)O)C(=O)NC1(C(=O)N[C@H](Cc2ccccc2)C(=O)N[C@@H](CCCN=C(N)N)C(=O)N[C@@H](Cc2c[nH]c3ccccc23)C(=O)N[C@@H](CN)C(N)=O)CCC(c2ccccc2)CC1. The highest BCUT2D eigenvalue weighted by Crippen LogP contribution is 2.38. The summed E-state index contributed by atoms with van der Waals surface area (Å²) in [4.78, 5) is 115. The van der Waals surface area contributed by atoms with Gasteiger partial charge in [-0.3, -0.25) is 43.3 Å². The van der Waals surface area contributed by atoms with E-state index in [1.807, 2.05) is 54.6 Å². The highest BCUT2D eigenvalue weighted by Gasteiger charge is 2.46. The summed E-state index contributed by atoms with van der Waals surface area (Å²) in [5.41, 5.74) is 23.7. The smallest absolute Gasteiger partial charge is 0.305 e. The molecule has 7 amide bonds. The Labute approximate surface area is 398 Å². The molecule has 0 spiro atoms. The van der Waals surface area contributed by atoms with Gasteiger partial charge in [-0.05, 0) is 67.2 Å². The quantitative estimate of drug-likeness (QED) is 0.0242. The second-order valence-electron chi connectivity index (χ2n) is 17.2. The van der Waals surface area contributed by atoms with Crippen molar-refractivity contribution in [1.82, 2.24) is 36.9 Å². The number of nitrogens with two attached hydrogens (primary N) is 4. The maximum atomic E-state index is 14.9. The summed E-state index contributed by atoms with van der Waals surface area (Å²) in [7, 11) is 0. The number of carboxylic acid groups (broad SMARTS) is 1. The molecule has 4 aromatic rings. The van der Waals surface area contributed by atoms with E-state index >= 15 is 0 Å². The number of carboxylic acids is 1. The number of aromatic nitrogens is 1. The van der Waals surface area contributed by atoms with Gasteiger partial charge in [0.15, 0.2) is 5.96 Å². The Bertz CT molecular complexity index is 2450. The Morgan fingerprint density at radius 1 is 0.710 bits per heavy atom. The number of amides is 7. The van der Waals surface area contributed by atoms with E-state index in [9.17, 15) is 43.5 Å². The predicted molar refractivity (Wildman–Crippen MR) is 256 cm³/mol. The maximum absolute atomic E-state index is 14.9. The third-order valence-electron chi connectivity index (χ3n) is 12.1. The van der Waals surface area contributed by atoms with Crippen LogP contribution in [0.2, 0.25) is 0 Å². The molecule has 5 atom stereocenters. The number of para-hydroxylation sites is 1. The molecule has 0 radical (unpaired) electrons. The van der Waals surface area contributed by atoms with Gasteiger partial charge in [0.25, 0.3) is 0 Å². The standard InChI is InChI=1S/C48H62N12O9/c1-28(61)55-38(25-40(62)63)45(68)60-48(20-18-31(19-21-48)30-13-6-3-7-14-30)46(69)59-36(23-29-11-4-2-5-12-29)43(66)56-35(17-10-22-53-47(51)52)42(65)57-37(44(67)58-39(26-49)41(50)64)24-32-27-54-34-16-9-8-15-33(32)34/h2-9,11-16,27,31,35-39,54H,10,17-26,49H2,1H3,(H2,50,64)(H,55,61)(H,56,66)(H,57,65)(H,58,67)(H,59,69)(H,60,68)(H,62,63)(H4,51,52,53)/t31?,35-,36+,37-,38-,39-,48?/m0/s1. The molecule has 69 heavy (non-hydrogen) atoms. The number of H-pyrrole nitrogens is 1. The van der Waals surface area contributed by atoms with Crippen molar-refractivity contribution in [3.63, 3.8) is 0 Å². The third kappa shape index (κ3) is 15.1. The Morgan fingerprint density at radius 3 is 1.90 bits per heavy atom. The van der Waals surface area contributed by atoms with Gasteiger partial charge < -0.3 is 64.9 Å². The molecule has 0 saturated heterocycles. The van der Waals surface area contributed by atoms with Crippen molar-refractivity contribution in [2.75, 3.05) is 13.1 Å². The van der Waals surface area contributed by atoms with Crippen LogP contribution in [0.25, 0.3) is 10.9 Å². The van der Waals surface area contributed by atoms with Gasteiger partial charge in [0.2, 0.25) is 41.4 Å². The van der Waals surface area contributed by atoms with Gasteiger partial charge >= 0.3 is 5.97 Å². The van der Waals surface area contributed by atoms with Crippen molar-refractivity contribution in [1.29, 1.82) is 0 Å². The molecule has 0 unspecified atom stereocenters. The molecule has 1 heterocycles. The number of hydrogen-bond acceptors (Lipinski definition) is 10. The van der Waals surface area contributed by atoms with E-state index < -0.39 is 89.5 Å². The number of carbonyl (C=O) groups excluding carboxylic acids is 7. The minimum atomic E-state index is -1.67. The van der Waals surface area contributed by atoms with E-state index in [1.54, 1.807) is 36.5 Å². The molecule has 1 fully saturated rings. The Balaban J connectivity index is 1.47. The lowest BCUT2D eigenvalue weighted by Gasteiger charge is -2.41. The van der Waals surface area contributed by atoms with Crippen LogP contribution in [0, 0.1) is 0 Å². The molecule has 1 aliphatic carbocycles. The molecule has 1 aromatic heterocycles. The number of carbonyl (C=O) groups is 8. The number of aliphatic imine (C=N–C) groups is 1. The summed E-state index contributed by atoms with van der Waals surface area (Å²) in [6.45, 7) is 0.885. The zero-order chi connectivity index (χ0) is 50.1. The number of benzene rings is 3. The first-order chi connectivity index (χ1) is 33.0. The van der Waals surface area contributed by atoms with Crippen molar-refractivity contribution in [3.8, 4) is 0 Å². The zero-order valence-corrected chi connectivity index (χ0v) is 38.4. The molecule has 21 nitrogen and oxygen atoms in total. The minimum absolute atomic E-state index is 0.00897. The summed E-state index contributed by atoms with van der Waals surface area (Å²) in [5, 5.41) is 26.4. The monoisotopic (exact) mass is 950 g/mol. The van der Waals surface area contributed by atoms with Gasteiger partial charge in [0.05, 0.1) is 6.42 Å². The number of rotatable bonds is 24. The number of nitrogens with zero attached hydrogens (tertiary/aromatic N) is 1. The average Bonchev–Trinajstić information content (AvgIpc) is 3.73. The van der Waals surface area contributed by atoms with Crippen molar-refractivity contribution in [3.05, 3.63) is 108 Å². The fourth-order valence-electron chi connectivity index (χ4n) is 8.45. The summed E-state index contributed by atoms with van der Waals surface area (Å²) in [5.74, 6) is -7.12. The highest BCUT2D eigenvalue weighted by molar-refractivity contribution is 5.99. The van der Waals surface area contributed by atoms with E-state index in [2.05, 4.69) is 41.9 Å². The molecule has 368 valence electrons. The van der Waals surface area contributed by atoms with Crippen molar-refractivity contribution < 1.29 is 43.5 Å². The van der Waals surface area contributed by atoms with Gasteiger partial charge in [0, 0.05) is 50.0 Å². The van der Waals surface area contributed by atoms with Crippen LogP contribution in [0.4, 0.5) is 0 Å². The van der Waals surface area contributed by atoms with Crippen LogP contribution in [0.15, 0.2) is 96.1 Å². The zero-order valence-electron chi connectivity index (χ0n) is 38.4. The highest BCUT2D eigenvalue weighted by atomic mass is 16.4. The van der Waals surface area contributed by atoms with E-state index in [-0.39, 0.29) is 63.5 Å². The first kappa shape index (κ1) is 52.2. The molecule has 3 aromatic carbocycles. The van der Waals surface area contributed by atoms with Crippen LogP contribution in [-0.2, 0) is 51.2 Å². The lowest BCUT2D eigenvalue weighted by Crippen LogP contribution is -2.66. The van der Waals surface area contributed by atoms with E-state index in [0.29, 0.717) is 24.0 Å². The Morgan fingerprint density at radius 2 is 1.29 bits per heavy atom. The molecule has 0 aliphatic heterocycles. The normalized spacial score (nSPS) is 17.6. The average molecular weight is 951 g/mol. The second-order valence-corrected chi connectivity index (χ2v) is 17.2. The summed E-state index contributed by atoms with van der Waals surface area (Å²) < 4.78 is 0. The lowest BCUT2D eigenvalue weighted by molar-refractivity contribution is -0.142. The van der Waals surface area contributed by atoms with E-state index in [1.165, 1.54) is 0 Å². The van der Waals surface area contributed by atoms with Gasteiger partial charge in [-0.2, -0.15) is 0 Å². The number of hydrogen-bond donors (Lipinski definition) is 12.